The molecule has 0 bridgehead atoms. The predicted octanol–water partition coefficient (Wildman–Crippen LogP) is 6.29. The number of nitrogens with zero attached hydrogens (tertiary/aromatic N) is 3. The van der Waals surface area contributed by atoms with Gasteiger partial charge < -0.3 is 5.11 Å². The third-order valence-electron chi connectivity index (χ3n) is 6.03. The van der Waals surface area contributed by atoms with Gasteiger partial charge in [-0.3, -0.25) is 0 Å². The molecule has 2 heterocycles. The van der Waals surface area contributed by atoms with Crippen LogP contribution in [0.2, 0.25) is 0 Å². The van der Waals surface area contributed by atoms with E-state index in [-0.39, 0.29) is 18.0 Å². The highest BCUT2D eigenvalue weighted by Gasteiger charge is 2.36. The average Bonchev–Trinajstić information content (AvgIpc) is 3.44. The maximum Gasteiger partial charge on any atom is 0.137 e. The zero-order valence-electron chi connectivity index (χ0n) is 18.2. The molecule has 0 saturated carbocycles. The van der Waals surface area contributed by atoms with Crippen LogP contribution in [0, 0.1) is 17.6 Å². The highest BCUT2D eigenvalue weighted by atomic mass is 32.1. The molecule has 0 spiro atoms. The molecule has 0 aliphatic carbocycles. The van der Waals surface area contributed by atoms with Crippen LogP contribution >= 0.6 is 11.3 Å². The fourth-order valence-corrected chi connectivity index (χ4v) is 5.27. The monoisotopic (exact) mass is 447 g/mol. The van der Waals surface area contributed by atoms with Crippen molar-refractivity contribution in [3.8, 4) is 0 Å². The molecule has 7 heteroatoms. The number of benzene rings is 1. The summed E-state index contributed by atoms with van der Waals surface area (Å²) in [6, 6.07) is 7.66. The Labute approximate surface area is 187 Å². The molecular weight excluding hydrogens is 416 g/mol. The van der Waals surface area contributed by atoms with E-state index in [1.165, 1.54) is 34.3 Å². The second-order valence-corrected chi connectivity index (χ2v) is 9.28. The van der Waals surface area contributed by atoms with Gasteiger partial charge in [0.05, 0.1) is 6.54 Å². The molecule has 0 fully saturated rings. The maximum atomic E-state index is 14.7. The molecule has 4 nitrogen and oxygen atoms in total. The van der Waals surface area contributed by atoms with Crippen molar-refractivity contribution in [1.82, 2.24) is 14.8 Å². The van der Waals surface area contributed by atoms with Crippen molar-refractivity contribution in [2.45, 2.75) is 70.4 Å². The zero-order valence-corrected chi connectivity index (χ0v) is 19.0. The lowest BCUT2D eigenvalue weighted by Gasteiger charge is -2.33. The van der Waals surface area contributed by atoms with Gasteiger partial charge in [0, 0.05) is 16.5 Å². The summed E-state index contributed by atoms with van der Waals surface area (Å²) in [5, 5.41) is 17.8. The standard InChI is InChI=1S/C24H31F2N3OS/c1-3-6-19(23-7-5-12-31-23)9-8-18(4-2)14-24(30,15-29-17-27-16-28-29)21-11-10-20(25)13-22(21)26/h5,7,10-13,16-19,30H,3-4,6,8-9,14-15H2,1-2H3. The second kappa shape index (κ2) is 11.0. The molecule has 3 unspecified atom stereocenters. The summed E-state index contributed by atoms with van der Waals surface area (Å²) in [7, 11) is 0. The summed E-state index contributed by atoms with van der Waals surface area (Å²) in [6.45, 7) is 4.36. The van der Waals surface area contributed by atoms with Gasteiger partial charge in [0.1, 0.15) is 29.9 Å². The smallest absolute Gasteiger partial charge is 0.137 e. The van der Waals surface area contributed by atoms with E-state index in [2.05, 4.69) is 41.4 Å². The van der Waals surface area contributed by atoms with Gasteiger partial charge in [0.2, 0.25) is 0 Å². The average molecular weight is 448 g/mol. The molecule has 0 radical (unpaired) electrons. The largest absolute Gasteiger partial charge is 0.383 e. The molecule has 3 rings (SSSR count). The molecule has 168 valence electrons. The van der Waals surface area contributed by atoms with Crippen LogP contribution in [0.1, 0.15) is 68.7 Å². The van der Waals surface area contributed by atoms with Gasteiger partial charge in [-0.25, -0.2) is 18.4 Å². The van der Waals surface area contributed by atoms with Crippen LogP contribution in [0.15, 0.2) is 48.4 Å². The Morgan fingerprint density at radius 3 is 2.61 bits per heavy atom. The van der Waals surface area contributed by atoms with E-state index in [9.17, 15) is 13.9 Å². The zero-order chi connectivity index (χ0) is 22.3. The highest BCUT2D eigenvalue weighted by molar-refractivity contribution is 7.10. The Bertz CT molecular complexity index is 917. The van der Waals surface area contributed by atoms with Crippen molar-refractivity contribution in [2.24, 2.45) is 5.92 Å². The van der Waals surface area contributed by atoms with Crippen LogP contribution in [0.5, 0.6) is 0 Å². The molecule has 1 aromatic carbocycles. The van der Waals surface area contributed by atoms with Gasteiger partial charge in [-0.2, -0.15) is 5.10 Å². The van der Waals surface area contributed by atoms with Crippen LogP contribution in [-0.2, 0) is 12.1 Å². The number of halogens is 2. The first-order valence-corrected chi connectivity index (χ1v) is 11.9. The Morgan fingerprint density at radius 1 is 1.16 bits per heavy atom. The van der Waals surface area contributed by atoms with Gasteiger partial charge >= 0.3 is 0 Å². The van der Waals surface area contributed by atoms with Crippen LogP contribution < -0.4 is 0 Å². The number of aromatic nitrogens is 3. The minimum Gasteiger partial charge on any atom is -0.383 e. The van der Waals surface area contributed by atoms with E-state index in [1.807, 2.05) is 0 Å². The summed E-state index contributed by atoms with van der Waals surface area (Å²) in [5.74, 6) is -0.697. The molecular formula is C24H31F2N3OS. The quantitative estimate of drug-likeness (QED) is 0.355. The van der Waals surface area contributed by atoms with Crippen LogP contribution in [-0.4, -0.2) is 19.9 Å². The third kappa shape index (κ3) is 6.20. The summed E-state index contributed by atoms with van der Waals surface area (Å²) in [4.78, 5) is 5.33. The molecule has 0 saturated heterocycles. The second-order valence-electron chi connectivity index (χ2n) is 8.31. The van der Waals surface area contributed by atoms with Gasteiger partial charge in [-0.05, 0) is 55.0 Å². The van der Waals surface area contributed by atoms with Gasteiger partial charge in [-0.1, -0.05) is 38.8 Å². The van der Waals surface area contributed by atoms with E-state index in [4.69, 9.17) is 0 Å². The van der Waals surface area contributed by atoms with Gasteiger partial charge in [0.15, 0.2) is 0 Å². The minimum absolute atomic E-state index is 0.0648. The van der Waals surface area contributed by atoms with E-state index in [1.54, 1.807) is 11.3 Å². The Kier molecular flexibility index (Phi) is 8.32. The first-order chi connectivity index (χ1) is 14.9. The van der Waals surface area contributed by atoms with Crippen molar-refractivity contribution >= 4 is 11.3 Å². The summed E-state index contributed by atoms with van der Waals surface area (Å²) >= 11 is 1.79. The van der Waals surface area contributed by atoms with Crippen LogP contribution in [0.3, 0.4) is 0 Å². The summed E-state index contributed by atoms with van der Waals surface area (Å²) in [5.41, 5.74) is -1.40. The third-order valence-corrected chi connectivity index (χ3v) is 7.07. The van der Waals surface area contributed by atoms with E-state index in [0.29, 0.717) is 12.3 Å². The number of aliphatic hydroxyl groups is 1. The van der Waals surface area contributed by atoms with Crippen LogP contribution in [0.25, 0.3) is 0 Å². The van der Waals surface area contributed by atoms with E-state index < -0.39 is 17.2 Å². The van der Waals surface area contributed by atoms with Crippen molar-refractivity contribution in [3.05, 3.63) is 70.4 Å². The minimum atomic E-state index is -1.50. The van der Waals surface area contributed by atoms with Gasteiger partial charge in [-0.15, -0.1) is 11.3 Å². The van der Waals surface area contributed by atoms with Crippen molar-refractivity contribution < 1.29 is 13.9 Å². The lowest BCUT2D eigenvalue weighted by Crippen LogP contribution is -2.35. The molecule has 3 atom stereocenters. The molecule has 2 aromatic heterocycles. The lowest BCUT2D eigenvalue weighted by atomic mass is 9.79. The lowest BCUT2D eigenvalue weighted by molar-refractivity contribution is -0.0141. The number of hydrogen-bond donors (Lipinski definition) is 1. The molecule has 1 N–H and O–H groups in total. The molecule has 0 amide bonds. The number of rotatable bonds is 12. The van der Waals surface area contributed by atoms with E-state index in [0.717, 1.165) is 38.2 Å². The van der Waals surface area contributed by atoms with Crippen molar-refractivity contribution in [3.63, 3.8) is 0 Å². The maximum absolute atomic E-state index is 14.7. The van der Waals surface area contributed by atoms with Crippen molar-refractivity contribution in [1.29, 1.82) is 0 Å². The molecule has 31 heavy (non-hydrogen) atoms. The highest BCUT2D eigenvalue weighted by Crippen LogP contribution is 2.38. The van der Waals surface area contributed by atoms with Crippen molar-refractivity contribution in [2.75, 3.05) is 0 Å². The summed E-state index contributed by atoms with van der Waals surface area (Å²) < 4.78 is 29.7. The molecule has 0 aliphatic rings. The fourth-order valence-electron chi connectivity index (χ4n) is 4.37. The van der Waals surface area contributed by atoms with Crippen LogP contribution in [0.4, 0.5) is 8.78 Å². The molecule has 3 aromatic rings. The molecule has 0 aliphatic heterocycles. The number of hydrogen-bond acceptors (Lipinski definition) is 4. The summed E-state index contributed by atoms with van der Waals surface area (Å²) in [6.07, 6.45) is 8.33. The Balaban J connectivity index is 1.79. The first-order valence-electron chi connectivity index (χ1n) is 11.0. The predicted molar refractivity (Wildman–Crippen MR) is 120 cm³/mol. The normalized spacial score (nSPS) is 15.5. The number of thiophene rings is 1. The van der Waals surface area contributed by atoms with Gasteiger partial charge in [0.25, 0.3) is 0 Å². The topological polar surface area (TPSA) is 50.9 Å². The Hall–Kier alpha value is -2.12. The SMILES string of the molecule is CCCC(CCC(CC)CC(O)(Cn1cncn1)c1ccc(F)cc1F)c1cccs1. The van der Waals surface area contributed by atoms with E-state index >= 15 is 0 Å². The Morgan fingerprint density at radius 2 is 2.00 bits per heavy atom. The fraction of sp³-hybridized carbons (Fsp3) is 0.500. The first kappa shape index (κ1) is 23.5.